The zero-order valence-electron chi connectivity index (χ0n) is 13.4. The summed E-state index contributed by atoms with van der Waals surface area (Å²) in [5.74, 6) is 0.914. The predicted octanol–water partition coefficient (Wildman–Crippen LogP) is 3.67. The van der Waals surface area contributed by atoms with E-state index in [9.17, 15) is 0 Å². The smallest absolute Gasteiger partial charge is 0.0107 e. The molecule has 1 saturated heterocycles. The monoisotopic (exact) mass is 266 g/mol. The van der Waals surface area contributed by atoms with Gasteiger partial charge in [0, 0.05) is 12.6 Å². The normalized spacial score (nSPS) is 31.7. The number of nitrogens with zero attached hydrogens (tertiary/aromatic N) is 1. The van der Waals surface area contributed by atoms with Gasteiger partial charge in [-0.2, -0.15) is 0 Å². The summed E-state index contributed by atoms with van der Waals surface area (Å²) in [4.78, 5) is 2.74. The van der Waals surface area contributed by atoms with Crippen LogP contribution in [0.5, 0.6) is 0 Å². The molecule has 2 rings (SSSR count). The SMILES string of the molecule is CCCNC1CCCC1CN1CCC(C)(CC)CC1. The molecule has 0 aromatic rings. The molecule has 2 fully saturated rings. The molecule has 0 amide bonds. The van der Waals surface area contributed by atoms with Gasteiger partial charge in [0.2, 0.25) is 0 Å². The zero-order chi connectivity index (χ0) is 13.7. The minimum Gasteiger partial charge on any atom is -0.314 e. The Labute approximate surface area is 120 Å². The third kappa shape index (κ3) is 4.19. The minimum atomic E-state index is 0.631. The number of hydrogen-bond donors (Lipinski definition) is 1. The minimum absolute atomic E-state index is 0.631. The van der Waals surface area contributed by atoms with Crippen molar-refractivity contribution in [1.29, 1.82) is 0 Å². The molecule has 1 aliphatic carbocycles. The first-order valence-electron chi connectivity index (χ1n) is 8.62. The van der Waals surface area contributed by atoms with Crippen LogP contribution in [0.15, 0.2) is 0 Å². The van der Waals surface area contributed by atoms with Gasteiger partial charge in [-0.3, -0.25) is 0 Å². The van der Waals surface area contributed by atoms with Crippen LogP contribution in [0, 0.1) is 11.3 Å². The second-order valence-electron chi connectivity index (χ2n) is 7.22. The first-order chi connectivity index (χ1) is 9.17. The summed E-state index contributed by atoms with van der Waals surface area (Å²) in [6.45, 7) is 12.3. The highest BCUT2D eigenvalue weighted by atomic mass is 15.1. The van der Waals surface area contributed by atoms with Crippen LogP contribution in [0.1, 0.15) is 65.7 Å². The van der Waals surface area contributed by atoms with Crippen molar-refractivity contribution in [1.82, 2.24) is 10.2 Å². The summed E-state index contributed by atoms with van der Waals surface area (Å²) in [5.41, 5.74) is 0.631. The van der Waals surface area contributed by atoms with E-state index < -0.39 is 0 Å². The second-order valence-corrected chi connectivity index (χ2v) is 7.22. The quantitative estimate of drug-likeness (QED) is 0.789. The summed E-state index contributed by atoms with van der Waals surface area (Å²) in [6.07, 6.45) is 9.72. The van der Waals surface area contributed by atoms with Gasteiger partial charge in [-0.15, -0.1) is 0 Å². The Morgan fingerprint density at radius 3 is 2.53 bits per heavy atom. The van der Waals surface area contributed by atoms with Crippen molar-refractivity contribution in [2.75, 3.05) is 26.2 Å². The van der Waals surface area contributed by atoms with E-state index in [4.69, 9.17) is 0 Å². The maximum atomic E-state index is 3.77. The molecular weight excluding hydrogens is 232 g/mol. The van der Waals surface area contributed by atoms with Crippen LogP contribution in [0.2, 0.25) is 0 Å². The number of likely N-dealkylation sites (tertiary alicyclic amines) is 1. The third-order valence-corrected chi connectivity index (χ3v) is 5.73. The molecule has 0 bridgehead atoms. The van der Waals surface area contributed by atoms with E-state index in [0.717, 1.165) is 12.0 Å². The van der Waals surface area contributed by atoms with Gasteiger partial charge in [0.05, 0.1) is 0 Å². The first-order valence-corrected chi connectivity index (χ1v) is 8.62. The summed E-state index contributed by atoms with van der Waals surface area (Å²) in [5, 5.41) is 3.77. The van der Waals surface area contributed by atoms with Crippen LogP contribution >= 0.6 is 0 Å². The molecule has 2 atom stereocenters. The molecule has 2 heteroatoms. The standard InChI is InChI=1S/C17H34N2/c1-4-11-18-16-8-6-7-15(16)14-19-12-9-17(3,5-2)10-13-19/h15-16,18H,4-14H2,1-3H3. The molecule has 112 valence electrons. The molecule has 2 aliphatic rings. The molecule has 2 nitrogen and oxygen atoms in total. The maximum absolute atomic E-state index is 3.77. The predicted molar refractivity (Wildman–Crippen MR) is 83.5 cm³/mol. The Hall–Kier alpha value is -0.0800. The van der Waals surface area contributed by atoms with Crippen LogP contribution < -0.4 is 5.32 Å². The van der Waals surface area contributed by atoms with Crippen molar-refractivity contribution >= 4 is 0 Å². The van der Waals surface area contributed by atoms with E-state index >= 15 is 0 Å². The summed E-state index contributed by atoms with van der Waals surface area (Å²) >= 11 is 0. The lowest BCUT2D eigenvalue weighted by atomic mass is 9.78. The molecule has 0 aromatic carbocycles. The topological polar surface area (TPSA) is 15.3 Å². The summed E-state index contributed by atoms with van der Waals surface area (Å²) < 4.78 is 0. The highest BCUT2D eigenvalue weighted by molar-refractivity contribution is 4.88. The van der Waals surface area contributed by atoms with Gasteiger partial charge < -0.3 is 10.2 Å². The molecule has 0 spiro atoms. The molecule has 19 heavy (non-hydrogen) atoms. The van der Waals surface area contributed by atoms with Gasteiger partial charge in [-0.05, 0) is 63.1 Å². The lowest BCUT2D eigenvalue weighted by Crippen LogP contribution is -2.44. The van der Waals surface area contributed by atoms with Gasteiger partial charge in [-0.25, -0.2) is 0 Å². The fourth-order valence-corrected chi connectivity index (χ4v) is 3.81. The third-order valence-electron chi connectivity index (χ3n) is 5.73. The van der Waals surface area contributed by atoms with Crippen LogP contribution in [-0.2, 0) is 0 Å². The average Bonchev–Trinajstić information content (AvgIpc) is 2.86. The highest BCUT2D eigenvalue weighted by Crippen LogP contribution is 2.35. The molecule has 1 heterocycles. The van der Waals surface area contributed by atoms with E-state index in [0.29, 0.717) is 5.41 Å². The fourth-order valence-electron chi connectivity index (χ4n) is 3.81. The van der Waals surface area contributed by atoms with Gasteiger partial charge in [0.15, 0.2) is 0 Å². The number of piperidine rings is 1. The Morgan fingerprint density at radius 2 is 1.89 bits per heavy atom. The average molecular weight is 266 g/mol. The molecule has 2 unspecified atom stereocenters. The van der Waals surface area contributed by atoms with Crippen molar-refractivity contribution < 1.29 is 0 Å². The van der Waals surface area contributed by atoms with Crippen molar-refractivity contribution in [3.63, 3.8) is 0 Å². The highest BCUT2D eigenvalue weighted by Gasteiger charge is 2.32. The lowest BCUT2D eigenvalue weighted by molar-refractivity contribution is 0.0977. The van der Waals surface area contributed by atoms with Crippen LogP contribution in [-0.4, -0.2) is 37.1 Å². The van der Waals surface area contributed by atoms with Crippen molar-refractivity contribution in [3.8, 4) is 0 Å². The van der Waals surface area contributed by atoms with Crippen LogP contribution in [0.3, 0.4) is 0 Å². The number of rotatable bonds is 6. The Morgan fingerprint density at radius 1 is 1.16 bits per heavy atom. The molecule has 0 aromatic heterocycles. The largest absolute Gasteiger partial charge is 0.314 e. The fraction of sp³-hybridized carbons (Fsp3) is 1.00. The molecular formula is C17H34N2. The number of hydrogen-bond acceptors (Lipinski definition) is 2. The van der Waals surface area contributed by atoms with E-state index in [2.05, 4.69) is 31.0 Å². The molecule has 1 N–H and O–H groups in total. The maximum Gasteiger partial charge on any atom is 0.0107 e. The Bertz CT molecular complexity index is 256. The van der Waals surface area contributed by atoms with Crippen molar-refractivity contribution in [2.45, 2.75) is 71.8 Å². The number of nitrogens with one attached hydrogen (secondary N) is 1. The molecule has 0 radical (unpaired) electrons. The van der Waals surface area contributed by atoms with Crippen LogP contribution in [0.25, 0.3) is 0 Å². The van der Waals surface area contributed by atoms with E-state index in [1.54, 1.807) is 0 Å². The van der Waals surface area contributed by atoms with E-state index in [-0.39, 0.29) is 0 Å². The van der Waals surface area contributed by atoms with Crippen molar-refractivity contribution in [3.05, 3.63) is 0 Å². The van der Waals surface area contributed by atoms with Crippen molar-refractivity contribution in [2.24, 2.45) is 11.3 Å². The van der Waals surface area contributed by atoms with Gasteiger partial charge in [-0.1, -0.05) is 33.6 Å². The van der Waals surface area contributed by atoms with E-state index in [1.165, 1.54) is 71.1 Å². The van der Waals surface area contributed by atoms with Gasteiger partial charge >= 0.3 is 0 Å². The summed E-state index contributed by atoms with van der Waals surface area (Å²) in [6, 6.07) is 0.805. The van der Waals surface area contributed by atoms with Gasteiger partial charge in [0.1, 0.15) is 0 Å². The first kappa shape index (κ1) is 15.3. The second kappa shape index (κ2) is 7.08. The summed E-state index contributed by atoms with van der Waals surface area (Å²) in [7, 11) is 0. The lowest BCUT2D eigenvalue weighted by Gasteiger charge is -2.40. The van der Waals surface area contributed by atoms with Crippen LogP contribution in [0.4, 0.5) is 0 Å². The molecule has 1 saturated carbocycles. The Kier molecular flexibility index (Phi) is 5.70. The Balaban J connectivity index is 1.75. The van der Waals surface area contributed by atoms with Gasteiger partial charge in [0.25, 0.3) is 0 Å². The zero-order valence-corrected chi connectivity index (χ0v) is 13.4. The molecule has 1 aliphatic heterocycles. The van der Waals surface area contributed by atoms with E-state index in [1.807, 2.05) is 0 Å².